The molecule has 0 aliphatic carbocycles. The van der Waals surface area contributed by atoms with E-state index in [2.05, 4.69) is 0 Å². The van der Waals surface area contributed by atoms with Crippen LogP contribution in [-0.4, -0.2) is 39.0 Å². The van der Waals surface area contributed by atoms with Gasteiger partial charge in [0.1, 0.15) is 0 Å². The van der Waals surface area contributed by atoms with Crippen molar-refractivity contribution in [2.45, 2.75) is 25.7 Å². The van der Waals surface area contributed by atoms with E-state index in [9.17, 15) is 4.79 Å². The number of benzene rings is 2. The van der Waals surface area contributed by atoms with Crippen molar-refractivity contribution in [3.05, 3.63) is 58.7 Å². The Hall–Kier alpha value is -2.53. The van der Waals surface area contributed by atoms with Crippen molar-refractivity contribution in [2.75, 3.05) is 27.9 Å². The maximum Gasteiger partial charge on any atom is 0.337 e. The summed E-state index contributed by atoms with van der Waals surface area (Å²) in [6, 6.07) is 11.4. The lowest BCUT2D eigenvalue weighted by Gasteiger charge is -2.15. The first-order valence-corrected chi connectivity index (χ1v) is 8.64. The molecule has 2 aromatic carbocycles. The Bertz CT molecular complexity index is 722. The topological polar surface area (TPSA) is 65.0 Å². The predicted octanol–water partition coefficient (Wildman–Crippen LogP) is 3.20. The number of aliphatic hydroxyl groups is 1. The monoisotopic (exact) mass is 358 g/mol. The second-order valence-corrected chi connectivity index (χ2v) is 5.99. The summed E-state index contributed by atoms with van der Waals surface area (Å²) in [4.78, 5) is 11.5. The number of esters is 1. The molecule has 140 valence electrons. The van der Waals surface area contributed by atoms with E-state index in [1.165, 1.54) is 12.7 Å². The van der Waals surface area contributed by atoms with E-state index in [0.29, 0.717) is 23.5 Å². The fraction of sp³-hybridized carbons (Fsp3) is 0.381. The zero-order valence-electron chi connectivity index (χ0n) is 15.6. The molecule has 5 heteroatoms. The van der Waals surface area contributed by atoms with Crippen LogP contribution < -0.4 is 9.47 Å². The minimum absolute atomic E-state index is 0.156. The van der Waals surface area contributed by atoms with Crippen molar-refractivity contribution >= 4 is 5.97 Å². The van der Waals surface area contributed by atoms with Gasteiger partial charge in [-0.3, -0.25) is 0 Å². The van der Waals surface area contributed by atoms with Crippen molar-refractivity contribution in [1.29, 1.82) is 0 Å². The second-order valence-electron chi connectivity index (χ2n) is 5.99. The van der Waals surface area contributed by atoms with E-state index < -0.39 is 0 Å². The molecule has 0 saturated carbocycles. The maximum absolute atomic E-state index is 11.5. The van der Waals surface area contributed by atoms with E-state index >= 15 is 0 Å². The summed E-state index contributed by atoms with van der Waals surface area (Å²) in [5.74, 6) is 1.07. The van der Waals surface area contributed by atoms with Gasteiger partial charge in [-0.05, 0) is 66.6 Å². The summed E-state index contributed by atoms with van der Waals surface area (Å²) in [6.45, 7) is 0.156. The van der Waals surface area contributed by atoms with Gasteiger partial charge >= 0.3 is 5.97 Å². The van der Waals surface area contributed by atoms with E-state index in [-0.39, 0.29) is 12.6 Å². The smallest absolute Gasteiger partial charge is 0.337 e. The third-order valence-electron chi connectivity index (χ3n) is 4.37. The summed E-state index contributed by atoms with van der Waals surface area (Å²) in [7, 11) is 4.62. The molecule has 0 aliphatic heterocycles. The van der Waals surface area contributed by atoms with Gasteiger partial charge in [0.2, 0.25) is 0 Å². The average Bonchev–Trinajstić information content (AvgIpc) is 2.70. The van der Waals surface area contributed by atoms with Crippen molar-refractivity contribution in [3.8, 4) is 11.5 Å². The minimum atomic E-state index is -0.331. The van der Waals surface area contributed by atoms with Gasteiger partial charge in [0.25, 0.3) is 0 Å². The Labute approximate surface area is 154 Å². The molecule has 1 N–H and O–H groups in total. The van der Waals surface area contributed by atoms with Crippen LogP contribution in [0, 0.1) is 0 Å². The second kappa shape index (κ2) is 9.82. The summed E-state index contributed by atoms with van der Waals surface area (Å²) < 4.78 is 15.5. The molecule has 0 spiro atoms. The average molecular weight is 358 g/mol. The van der Waals surface area contributed by atoms with Crippen LogP contribution in [0.15, 0.2) is 36.4 Å². The number of hydrogen-bond donors (Lipinski definition) is 1. The van der Waals surface area contributed by atoms with Gasteiger partial charge < -0.3 is 19.3 Å². The first kappa shape index (κ1) is 19.8. The zero-order chi connectivity index (χ0) is 18.9. The van der Waals surface area contributed by atoms with Gasteiger partial charge in [-0.25, -0.2) is 4.79 Å². The normalized spacial score (nSPS) is 10.5. The van der Waals surface area contributed by atoms with Crippen molar-refractivity contribution in [1.82, 2.24) is 0 Å². The number of carbonyl (C=O) groups excluding carboxylic acids is 1. The molecule has 0 aromatic heterocycles. The molecule has 0 saturated heterocycles. The van der Waals surface area contributed by atoms with Gasteiger partial charge in [0.15, 0.2) is 11.5 Å². The summed E-state index contributed by atoms with van der Waals surface area (Å²) >= 11 is 0. The van der Waals surface area contributed by atoms with Crippen LogP contribution in [0.25, 0.3) is 0 Å². The van der Waals surface area contributed by atoms with Gasteiger partial charge in [0.05, 0.1) is 26.9 Å². The molecule has 26 heavy (non-hydrogen) atoms. The molecular formula is C21H26O5. The van der Waals surface area contributed by atoms with E-state index in [4.69, 9.17) is 19.3 Å². The Balaban J connectivity index is 2.17. The summed E-state index contributed by atoms with van der Waals surface area (Å²) in [6.07, 6.45) is 3.16. The van der Waals surface area contributed by atoms with Crippen molar-refractivity contribution in [3.63, 3.8) is 0 Å². The van der Waals surface area contributed by atoms with Crippen LogP contribution in [0.5, 0.6) is 11.5 Å². The molecule has 0 radical (unpaired) electrons. The van der Waals surface area contributed by atoms with E-state index in [0.717, 1.165) is 30.4 Å². The molecular weight excluding hydrogens is 332 g/mol. The molecule has 0 aliphatic rings. The first-order chi connectivity index (χ1) is 12.6. The molecule has 0 fully saturated rings. The molecule has 5 nitrogen and oxygen atoms in total. The first-order valence-electron chi connectivity index (χ1n) is 8.64. The molecule has 0 bridgehead atoms. The number of methoxy groups -OCH3 is 3. The highest BCUT2D eigenvalue weighted by Gasteiger charge is 2.12. The van der Waals surface area contributed by atoms with Gasteiger partial charge in [-0.1, -0.05) is 12.1 Å². The van der Waals surface area contributed by atoms with Crippen molar-refractivity contribution < 1.29 is 24.1 Å². The SMILES string of the molecule is COC(=O)c1ccc(CCc2cc(OC)c(OC)cc2CCCO)cc1. The number of rotatable bonds is 9. The molecule has 0 atom stereocenters. The number of aliphatic hydroxyl groups excluding tert-OH is 1. The highest BCUT2D eigenvalue weighted by atomic mass is 16.5. The largest absolute Gasteiger partial charge is 0.493 e. The highest BCUT2D eigenvalue weighted by Crippen LogP contribution is 2.32. The number of aryl methyl sites for hydroxylation is 3. The van der Waals surface area contributed by atoms with Crippen LogP contribution in [0.1, 0.15) is 33.5 Å². The third kappa shape index (κ3) is 4.99. The third-order valence-corrected chi connectivity index (χ3v) is 4.37. The molecule has 0 amide bonds. The fourth-order valence-electron chi connectivity index (χ4n) is 2.90. The molecule has 2 aromatic rings. The van der Waals surface area contributed by atoms with Crippen LogP contribution in [0.2, 0.25) is 0 Å². The molecule has 0 unspecified atom stereocenters. The van der Waals surface area contributed by atoms with Gasteiger partial charge in [-0.2, -0.15) is 0 Å². The van der Waals surface area contributed by atoms with Crippen LogP contribution in [-0.2, 0) is 24.0 Å². The standard InChI is InChI=1S/C21H26O5/c1-24-19-13-17(5-4-12-22)18(14-20(19)25-2)11-8-15-6-9-16(10-7-15)21(23)26-3/h6-7,9-10,13-14,22H,4-5,8,11-12H2,1-3H3. The highest BCUT2D eigenvalue weighted by molar-refractivity contribution is 5.89. The quantitative estimate of drug-likeness (QED) is 0.698. The lowest BCUT2D eigenvalue weighted by Crippen LogP contribution is -2.03. The minimum Gasteiger partial charge on any atom is -0.493 e. The van der Waals surface area contributed by atoms with Crippen molar-refractivity contribution in [2.24, 2.45) is 0 Å². The number of hydrogen-bond acceptors (Lipinski definition) is 5. The molecule has 0 heterocycles. The Kier molecular flexibility index (Phi) is 7.48. The summed E-state index contributed by atoms with van der Waals surface area (Å²) in [5.41, 5.74) is 4.02. The Morgan fingerprint density at radius 2 is 1.46 bits per heavy atom. The Morgan fingerprint density at radius 1 is 0.885 bits per heavy atom. The number of ether oxygens (including phenoxy) is 3. The summed E-state index contributed by atoms with van der Waals surface area (Å²) in [5, 5.41) is 9.15. The van der Waals surface area contributed by atoms with Crippen LogP contribution >= 0.6 is 0 Å². The Morgan fingerprint density at radius 3 is 1.96 bits per heavy atom. The van der Waals surface area contributed by atoms with Crippen LogP contribution in [0.4, 0.5) is 0 Å². The maximum atomic E-state index is 11.5. The fourth-order valence-corrected chi connectivity index (χ4v) is 2.90. The van der Waals surface area contributed by atoms with Crippen LogP contribution in [0.3, 0.4) is 0 Å². The van der Waals surface area contributed by atoms with E-state index in [1.807, 2.05) is 24.3 Å². The van der Waals surface area contributed by atoms with Gasteiger partial charge in [0, 0.05) is 6.61 Å². The number of carbonyl (C=O) groups is 1. The predicted molar refractivity (Wildman–Crippen MR) is 100 cm³/mol. The lowest BCUT2D eigenvalue weighted by atomic mass is 9.96. The lowest BCUT2D eigenvalue weighted by molar-refractivity contribution is 0.0600. The van der Waals surface area contributed by atoms with Gasteiger partial charge in [-0.15, -0.1) is 0 Å². The zero-order valence-corrected chi connectivity index (χ0v) is 15.6. The van der Waals surface area contributed by atoms with E-state index in [1.54, 1.807) is 26.4 Å². The molecule has 2 rings (SSSR count).